The molecule has 1 aliphatic carbocycles. The Morgan fingerprint density at radius 3 is 2.42 bits per heavy atom. The molecule has 5 nitrogen and oxygen atoms in total. The van der Waals surface area contributed by atoms with Crippen LogP contribution in [0.4, 0.5) is 23.1 Å². The molecule has 2 aliphatic rings. The second kappa shape index (κ2) is 7.07. The maximum Gasteiger partial charge on any atom is 0.229 e. The summed E-state index contributed by atoms with van der Waals surface area (Å²) in [7, 11) is 0. The summed E-state index contributed by atoms with van der Waals surface area (Å²) in [4.78, 5) is 11.4. The average Bonchev–Trinajstić information content (AvgIpc) is 3.29. The molecule has 0 unspecified atom stereocenters. The molecule has 0 radical (unpaired) electrons. The van der Waals surface area contributed by atoms with Gasteiger partial charge in [0, 0.05) is 36.7 Å². The number of benzene rings is 1. The van der Waals surface area contributed by atoms with E-state index in [-0.39, 0.29) is 0 Å². The Hall–Kier alpha value is -2.30. The molecule has 126 valence electrons. The molecule has 0 spiro atoms. The van der Waals surface area contributed by atoms with Gasteiger partial charge in [0.2, 0.25) is 5.95 Å². The van der Waals surface area contributed by atoms with Crippen molar-refractivity contribution in [1.29, 1.82) is 0 Å². The molecule has 2 aromatic rings. The minimum Gasteiger partial charge on any atom is -0.372 e. The molecule has 0 amide bonds. The number of anilines is 4. The molecule has 2 N–H and O–H groups in total. The summed E-state index contributed by atoms with van der Waals surface area (Å²) in [5.41, 5.74) is 2.33. The number of nitrogens with zero attached hydrogens (tertiary/aromatic N) is 3. The second-order valence-corrected chi connectivity index (χ2v) is 6.76. The Balaban J connectivity index is 1.40. The van der Waals surface area contributed by atoms with Crippen LogP contribution >= 0.6 is 0 Å². The van der Waals surface area contributed by atoms with Crippen LogP contribution in [0.1, 0.15) is 38.5 Å². The largest absolute Gasteiger partial charge is 0.372 e. The van der Waals surface area contributed by atoms with Crippen LogP contribution < -0.4 is 15.5 Å². The summed E-state index contributed by atoms with van der Waals surface area (Å²) in [5.74, 6) is 1.56. The first-order valence-electron chi connectivity index (χ1n) is 9.08. The quantitative estimate of drug-likeness (QED) is 0.865. The van der Waals surface area contributed by atoms with E-state index in [4.69, 9.17) is 0 Å². The lowest BCUT2D eigenvalue weighted by Crippen LogP contribution is -2.17. The lowest BCUT2D eigenvalue weighted by atomic mass is 10.2. The first-order valence-corrected chi connectivity index (χ1v) is 9.08. The van der Waals surface area contributed by atoms with Crippen molar-refractivity contribution in [1.82, 2.24) is 9.97 Å². The number of rotatable bonds is 5. The van der Waals surface area contributed by atoms with E-state index in [2.05, 4.69) is 49.8 Å². The molecule has 0 atom stereocenters. The highest BCUT2D eigenvalue weighted by molar-refractivity contribution is 5.60. The van der Waals surface area contributed by atoms with E-state index in [0.29, 0.717) is 12.0 Å². The lowest BCUT2D eigenvalue weighted by Gasteiger charge is -2.18. The van der Waals surface area contributed by atoms with Gasteiger partial charge in [-0.25, -0.2) is 4.98 Å². The van der Waals surface area contributed by atoms with Crippen LogP contribution in [0, 0.1) is 0 Å². The number of hydrogen-bond donors (Lipinski definition) is 2. The van der Waals surface area contributed by atoms with Gasteiger partial charge in [-0.1, -0.05) is 12.8 Å². The minimum absolute atomic E-state index is 0.562. The molecule has 2 fully saturated rings. The topological polar surface area (TPSA) is 53.1 Å². The van der Waals surface area contributed by atoms with Crippen molar-refractivity contribution in [2.24, 2.45) is 0 Å². The number of nitrogens with one attached hydrogen (secondary N) is 2. The molecule has 2 heterocycles. The van der Waals surface area contributed by atoms with E-state index in [1.54, 1.807) is 0 Å². The van der Waals surface area contributed by atoms with E-state index >= 15 is 0 Å². The van der Waals surface area contributed by atoms with Crippen LogP contribution in [-0.2, 0) is 0 Å². The van der Waals surface area contributed by atoms with E-state index in [1.165, 1.54) is 57.3 Å². The Labute approximate surface area is 143 Å². The maximum atomic E-state index is 4.59. The van der Waals surface area contributed by atoms with Gasteiger partial charge in [-0.15, -0.1) is 0 Å². The number of aromatic nitrogens is 2. The molecule has 0 bridgehead atoms. The van der Waals surface area contributed by atoms with Crippen LogP contribution in [0.15, 0.2) is 36.5 Å². The second-order valence-electron chi connectivity index (χ2n) is 6.76. The minimum atomic E-state index is 0.562. The SMILES string of the molecule is c1cc(NC2CCCC2)nc(Nc2ccc(N3CCCC3)cc2)n1. The molecule has 1 saturated heterocycles. The highest BCUT2D eigenvalue weighted by Gasteiger charge is 2.15. The third-order valence-corrected chi connectivity index (χ3v) is 4.96. The van der Waals surface area contributed by atoms with Gasteiger partial charge < -0.3 is 15.5 Å². The highest BCUT2D eigenvalue weighted by Crippen LogP contribution is 2.24. The molecule has 24 heavy (non-hydrogen) atoms. The zero-order valence-electron chi connectivity index (χ0n) is 14.0. The molecular weight excluding hydrogens is 298 g/mol. The summed E-state index contributed by atoms with van der Waals surface area (Å²) in [6.07, 6.45) is 9.53. The van der Waals surface area contributed by atoms with Crippen molar-refractivity contribution in [3.8, 4) is 0 Å². The standard InChI is InChI=1S/C19H25N5/c1-2-6-15(5-1)21-18-11-12-20-19(23-18)22-16-7-9-17(10-8-16)24-13-3-4-14-24/h7-12,15H,1-6,13-14H2,(H2,20,21,22,23). The predicted molar refractivity (Wildman–Crippen MR) is 99.1 cm³/mol. The summed E-state index contributed by atoms with van der Waals surface area (Å²) >= 11 is 0. The average molecular weight is 323 g/mol. The fourth-order valence-electron chi connectivity index (χ4n) is 3.64. The van der Waals surface area contributed by atoms with Crippen molar-refractivity contribution >= 4 is 23.1 Å². The Kier molecular flexibility index (Phi) is 4.49. The van der Waals surface area contributed by atoms with Crippen molar-refractivity contribution in [3.63, 3.8) is 0 Å². The van der Waals surface area contributed by atoms with Crippen LogP contribution in [-0.4, -0.2) is 29.1 Å². The fourth-order valence-corrected chi connectivity index (χ4v) is 3.64. The van der Waals surface area contributed by atoms with Gasteiger partial charge in [0.1, 0.15) is 5.82 Å². The van der Waals surface area contributed by atoms with Crippen LogP contribution in [0.3, 0.4) is 0 Å². The van der Waals surface area contributed by atoms with E-state index in [1.807, 2.05) is 12.3 Å². The zero-order valence-corrected chi connectivity index (χ0v) is 14.0. The highest BCUT2D eigenvalue weighted by atomic mass is 15.2. The third-order valence-electron chi connectivity index (χ3n) is 4.96. The molecule has 1 aliphatic heterocycles. The molecule has 1 saturated carbocycles. The molecule has 5 heteroatoms. The fraction of sp³-hybridized carbons (Fsp3) is 0.474. The van der Waals surface area contributed by atoms with Crippen molar-refractivity contribution in [2.45, 2.75) is 44.6 Å². The summed E-state index contributed by atoms with van der Waals surface area (Å²) in [6, 6.07) is 11.1. The van der Waals surface area contributed by atoms with Crippen molar-refractivity contribution in [3.05, 3.63) is 36.5 Å². The lowest BCUT2D eigenvalue weighted by molar-refractivity contribution is 0.750. The maximum absolute atomic E-state index is 4.59. The Bertz CT molecular complexity index is 658. The Morgan fingerprint density at radius 2 is 1.67 bits per heavy atom. The third kappa shape index (κ3) is 3.61. The van der Waals surface area contributed by atoms with Gasteiger partial charge in [0.15, 0.2) is 0 Å². The van der Waals surface area contributed by atoms with Gasteiger partial charge in [0.25, 0.3) is 0 Å². The Morgan fingerprint density at radius 1 is 0.917 bits per heavy atom. The van der Waals surface area contributed by atoms with Crippen LogP contribution in [0.25, 0.3) is 0 Å². The van der Waals surface area contributed by atoms with E-state index in [9.17, 15) is 0 Å². The predicted octanol–water partition coefficient (Wildman–Crippen LogP) is 4.17. The van der Waals surface area contributed by atoms with Gasteiger partial charge in [-0.2, -0.15) is 4.98 Å². The normalized spacial score (nSPS) is 18.1. The summed E-state index contributed by atoms with van der Waals surface area (Å²) in [5, 5.41) is 6.82. The van der Waals surface area contributed by atoms with Crippen LogP contribution in [0.5, 0.6) is 0 Å². The van der Waals surface area contributed by atoms with Crippen molar-refractivity contribution in [2.75, 3.05) is 28.6 Å². The summed E-state index contributed by atoms with van der Waals surface area (Å²) < 4.78 is 0. The molecule has 4 rings (SSSR count). The first-order chi connectivity index (χ1) is 11.9. The zero-order chi connectivity index (χ0) is 16.2. The first kappa shape index (κ1) is 15.2. The van der Waals surface area contributed by atoms with Crippen molar-refractivity contribution < 1.29 is 0 Å². The van der Waals surface area contributed by atoms with Crippen LogP contribution in [0.2, 0.25) is 0 Å². The molecule has 1 aromatic carbocycles. The van der Waals surface area contributed by atoms with Gasteiger partial charge in [0.05, 0.1) is 0 Å². The monoisotopic (exact) mass is 323 g/mol. The number of hydrogen-bond acceptors (Lipinski definition) is 5. The van der Waals surface area contributed by atoms with Gasteiger partial charge >= 0.3 is 0 Å². The smallest absolute Gasteiger partial charge is 0.229 e. The molecular formula is C19H25N5. The van der Waals surface area contributed by atoms with Gasteiger partial charge in [-0.3, -0.25) is 0 Å². The van der Waals surface area contributed by atoms with E-state index < -0.39 is 0 Å². The molecule has 1 aromatic heterocycles. The van der Waals surface area contributed by atoms with E-state index in [0.717, 1.165) is 11.5 Å². The summed E-state index contributed by atoms with van der Waals surface area (Å²) in [6.45, 7) is 2.34. The van der Waals surface area contributed by atoms with Gasteiger partial charge in [-0.05, 0) is 56.0 Å².